The predicted molar refractivity (Wildman–Crippen MR) is 178 cm³/mol. The van der Waals surface area contributed by atoms with E-state index >= 15 is 0 Å². The summed E-state index contributed by atoms with van der Waals surface area (Å²) >= 11 is 3.55. The lowest BCUT2D eigenvalue weighted by atomic mass is 9.80. The Bertz CT molecular complexity index is 1750. The molecule has 0 unspecified atom stereocenters. The van der Waals surface area contributed by atoms with Crippen molar-refractivity contribution in [3.8, 4) is 11.5 Å². The second-order valence-electron chi connectivity index (χ2n) is 11.1. The van der Waals surface area contributed by atoms with Crippen molar-refractivity contribution in [3.63, 3.8) is 0 Å². The quantitative estimate of drug-likeness (QED) is 0.109. The fraction of sp³-hybridized carbons (Fsp3) is 0.294. The van der Waals surface area contributed by atoms with E-state index < -0.39 is 24.0 Å². The monoisotopic (exact) mass is 686 g/mol. The minimum Gasteiger partial charge on any atom is -0.497 e. The number of aromatic nitrogens is 4. The average Bonchev–Trinajstić information content (AvgIpc) is 3.64. The van der Waals surface area contributed by atoms with Crippen LogP contribution >= 0.6 is 15.9 Å². The molecule has 0 radical (unpaired) electrons. The Kier molecular flexibility index (Phi) is 9.32. The highest BCUT2D eigenvalue weighted by Gasteiger charge is 2.42. The Balaban J connectivity index is 1.35. The molecule has 1 fully saturated rings. The van der Waals surface area contributed by atoms with Crippen molar-refractivity contribution in [3.05, 3.63) is 106 Å². The fourth-order valence-corrected chi connectivity index (χ4v) is 6.21. The number of rotatable bonds is 11. The van der Waals surface area contributed by atoms with Gasteiger partial charge >= 0.3 is 0 Å². The SMILES string of the molecule is COc1ccc(C(OC[C@H]2O[C@@H](n3nc(Br)c4c(/N=C/N(C)C)ncnc43)C[C@@H]2O)(c2ccccc2)c2ccc(OC)cc2)cc1. The van der Waals surface area contributed by atoms with Gasteiger partial charge in [-0.15, -0.1) is 0 Å². The summed E-state index contributed by atoms with van der Waals surface area (Å²) in [4.78, 5) is 15.1. The molecule has 0 bridgehead atoms. The number of fused-ring (bicyclic) bond motifs is 1. The number of hydrogen-bond acceptors (Lipinski definition) is 9. The molecule has 1 saturated heterocycles. The van der Waals surface area contributed by atoms with Crippen molar-refractivity contribution < 1.29 is 24.1 Å². The van der Waals surface area contributed by atoms with Crippen LogP contribution in [0.2, 0.25) is 0 Å². The lowest BCUT2D eigenvalue weighted by Gasteiger charge is -2.37. The van der Waals surface area contributed by atoms with Crippen molar-refractivity contribution in [2.45, 2.75) is 30.5 Å². The van der Waals surface area contributed by atoms with Crippen molar-refractivity contribution in [2.75, 3.05) is 34.9 Å². The molecule has 1 aliphatic rings. The van der Waals surface area contributed by atoms with Gasteiger partial charge in [-0.25, -0.2) is 19.6 Å². The Hall–Kier alpha value is -4.36. The Labute approximate surface area is 275 Å². The minimum absolute atomic E-state index is 0.0817. The number of ether oxygens (including phenoxy) is 4. The number of aliphatic hydroxyl groups excluding tert-OH is 1. The Morgan fingerprint density at radius 1 is 0.957 bits per heavy atom. The van der Waals surface area contributed by atoms with E-state index in [1.165, 1.54) is 6.33 Å². The van der Waals surface area contributed by atoms with E-state index in [2.05, 4.69) is 36.0 Å². The summed E-state index contributed by atoms with van der Waals surface area (Å²) in [6, 6.07) is 25.6. The number of benzene rings is 3. The molecule has 3 aromatic carbocycles. The minimum atomic E-state index is -1.05. The molecule has 0 aliphatic carbocycles. The summed E-state index contributed by atoms with van der Waals surface area (Å²) in [5.41, 5.74) is 2.19. The van der Waals surface area contributed by atoms with E-state index in [4.69, 9.17) is 18.9 Å². The standard InChI is InChI=1S/C34H35BrN6O5/c1-40(2)21-38-32-30-31(35)39-41(33(30)37-20-36-32)29-18-27(42)28(46-29)19-45-34(22-8-6-5-7-9-22,23-10-14-25(43-3)15-11-23)24-12-16-26(44-4)17-13-24/h5-17,20-21,27-29,42H,18-19H2,1-4H3/b38-21+/t27-,28+,29+/m0/s1. The van der Waals surface area contributed by atoms with E-state index in [0.29, 0.717) is 27.9 Å². The lowest BCUT2D eigenvalue weighted by molar-refractivity contribution is -0.0950. The van der Waals surface area contributed by atoms with Crippen molar-refractivity contribution in [1.29, 1.82) is 0 Å². The van der Waals surface area contributed by atoms with E-state index in [1.54, 1.807) is 25.2 Å². The van der Waals surface area contributed by atoms with Gasteiger partial charge < -0.3 is 29.0 Å². The molecule has 1 N–H and O–H groups in total. The second kappa shape index (κ2) is 13.6. The molecule has 238 valence electrons. The summed E-state index contributed by atoms with van der Waals surface area (Å²) in [5.74, 6) is 1.94. The number of aliphatic hydroxyl groups is 1. The van der Waals surface area contributed by atoms with Crippen LogP contribution in [0.25, 0.3) is 11.0 Å². The maximum atomic E-state index is 11.3. The first-order valence-electron chi connectivity index (χ1n) is 14.8. The molecule has 1 aliphatic heterocycles. The molecule has 3 atom stereocenters. The molecule has 2 aromatic heterocycles. The second-order valence-corrected chi connectivity index (χ2v) is 11.8. The molecule has 3 heterocycles. The molecular formula is C34H35BrN6O5. The molecule has 0 spiro atoms. The summed E-state index contributed by atoms with van der Waals surface area (Å²) in [6.45, 7) is 0.0817. The van der Waals surface area contributed by atoms with Crippen LogP contribution < -0.4 is 9.47 Å². The molecule has 46 heavy (non-hydrogen) atoms. The van der Waals surface area contributed by atoms with E-state index in [0.717, 1.165) is 28.2 Å². The molecule has 11 nitrogen and oxygen atoms in total. The highest BCUT2D eigenvalue weighted by molar-refractivity contribution is 9.10. The third-order valence-electron chi connectivity index (χ3n) is 7.95. The number of hydrogen-bond donors (Lipinski definition) is 1. The Morgan fingerprint density at radius 2 is 1.57 bits per heavy atom. The highest BCUT2D eigenvalue weighted by atomic mass is 79.9. The summed E-state index contributed by atoms with van der Waals surface area (Å²) in [6.07, 6.45) is 1.33. The van der Waals surface area contributed by atoms with Crippen LogP contribution in [0.1, 0.15) is 29.3 Å². The molecule has 0 saturated carbocycles. The Morgan fingerprint density at radius 3 is 2.15 bits per heavy atom. The van der Waals surface area contributed by atoms with Crippen LogP contribution in [0.4, 0.5) is 5.82 Å². The van der Waals surface area contributed by atoms with Crippen molar-refractivity contribution in [1.82, 2.24) is 24.6 Å². The maximum Gasteiger partial charge on any atom is 0.169 e. The number of halogens is 1. The average molecular weight is 688 g/mol. The van der Waals surface area contributed by atoms with Gasteiger partial charge in [0.25, 0.3) is 0 Å². The number of nitrogens with zero attached hydrogens (tertiary/aromatic N) is 6. The summed E-state index contributed by atoms with van der Waals surface area (Å²) < 4.78 is 26.5. The van der Waals surface area contributed by atoms with Crippen molar-refractivity contribution >= 4 is 39.1 Å². The van der Waals surface area contributed by atoms with Crippen LogP contribution in [0.15, 0.2) is 94.8 Å². The zero-order valence-electron chi connectivity index (χ0n) is 25.9. The topological polar surface area (TPSA) is 116 Å². The van der Waals surface area contributed by atoms with Gasteiger partial charge in [-0.2, -0.15) is 5.10 Å². The van der Waals surface area contributed by atoms with Gasteiger partial charge in [-0.1, -0.05) is 54.6 Å². The zero-order valence-corrected chi connectivity index (χ0v) is 27.5. The summed E-state index contributed by atoms with van der Waals surface area (Å²) in [7, 11) is 7.04. The summed E-state index contributed by atoms with van der Waals surface area (Å²) in [5, 5.41) is 16.6. The fourth-order valence-electron chi connectivity index (χ4n) is 5.68. The number of aliphatic imine (C=N–C) groups is 1. The highest BCUT2D eigenvalue weighted by Crippen LogP contribution is 2.43. The lowest BCUT2D eigenvalue weighted by Crippen LogP contribution is -2.38. The van der Waals surface area contributed by atoms with E-state index in [1.807, 2.05) is 97.9 Å². The van der Waals surface area contributed by atoms with Crippen LogP contribution in [0, 0.1) is 0 Å². The molecule has 0 amide bonds. The molecule has 12 heteroatoms. The largest absolute Gasteiger partial charge is 0.497 e. The van der Waals surface area contributed by atoms with Gasteiger partial charge in [0.2, 0.25) is 0 Å². The van der Waals surface area contributed by atoms with Gasteiger partial charge in [-0.05, 0) is 56.9 Å². The van der Waals surface area contributed by atoms with Gasteiger partial charge in [-0.3, -0.25) is 0 Å². The first-order chi connectivity index (χ1) is 22.3. The van der Waals surface area contributed by atoms with Gasteiger partial charge in [0.1, 0.15) is 34.1 Å². The first kappa shape index (κ1) is 31.6. The molecule has 5 aromatic rings. The smallest absolute Gasteiger partial charge is 0.169 e. The third kappa shape index (κ3) is 6.08. The van der Waals surface area contributed by atoms with Crippen LogP contribution in [0.3, 0.4) is 0 Å². The van der Waals surface area contributed by atoms with Gasteiger partial charge in [0.05, 0.1) is 38.7 Å². The molecule has 6 rings (SSSR count). The van der Waals surface area contributed by atoms with E-state index in [-0.39, 0.29) is 6.61 Å². The van der Waals surface area contributed by atoms with Gasteiger partial charge in [0.15, 0.2) is 17.7 Å². The first-order valence-corrected chi connectivity index (χ1v) is 15.5. The zero-order chi connectivity index (χ0) is 32.3. The number of methoxy groups -OCH3 is 2. The maximum absolute atomic E-state index is 11.3. The van der Waals surface area contributed by atoms with Crippen molar-refractivity contribution in [2.24, 2.45) is 4.99 Å². The van der Waals surface area contributed by atoms with Crippen LogP contribution in [-0.2, 0) is 15.1 Å². The predicted octanol–water partition coefficient (Wildman–Crippen LogP) is 5.48. The molecular weight excluding hydrogens is 652 g/mol. The third-order valence-corrected chi connectivity index (χ3v) is 8.51. The van der Waals surface area contributed by atoms with Crippen LogP contribution in [0.5, 0.6) is 11.5 Å². The van der Waals surface area contributed by atoms with Crippen LogP contribution in [-0.4, -0.2) is 83.2 Å². The van der Waals surface area contributed by atoms with Gasteiger partial charge in [0, 0.05) is 20.5 Å². The van der Waals surface area contributed by atoms with E-state index in [9.17, 15) is 5.11 Å². The normalized spacial score (nSPS) is 18.3.